The Labute approximate surface area is 161 Å². The molecule has 0 fully saturated rings. The molecule has 4 rings (SSSR count). The number of benzene rings is 2. The van der Waals surface area contributed by atoms with Crippen molar-refractivity contribution in [1.29, 1.82) is 0 Å². The molecule has 0 saturated heterocycles. The summed E-state index contributed by atoms with van der Waals surface area (Å²) in [7, 11) is 0. The molecule has 7 heteroatoms. The van der Waals surface area contributed by atoms with Crippen LogP contribution >= 0.6 is 0 Å². The first kappa shape index (κ1) is 17.8. The Balaban J connectivity index is 1.49. The standard InChI is InChI=1S/C21H19N3O4/c1-12-7-13(2)14-9-17(22-16(14)8-12)21(27)28-11-20(26)24-10-19(25)23-15-5-3-4-6-18(15)24/h3-9,22H,10-11H2,1-2H3,(H,23,25). The van der Waals surface area contributed by atoms with E-state index in [-0.39, 0.29) is 18.1 Å². The van der Waals surface area contributed by atoms with E-state index in [1.807, 2.05) is 26.0 Å². The van der Waals surface area contributed by atoms with Crippen molar-refractivity contribution in [3.63, 3.8) is 0 Å². The molecule has 3 aromatic rings. The van der Waals surface area contributed by atoms with E-state index in [0.29, 0.717) is 11.4 Å². The van der Waals surface area contributed by atoms with Gasteiger partial charge in [0.25, 0.3) is 5.91 Å². The van der Waals surface area contributed by atoms with Gasteiger partial charge in [-0.1, -0.05) is 18.2 Å². The predicted molar refractivity (Wildman–Crippen MR) is 105 cm³/mol. The van der Waals surface area contributed by atoms with E-state index in [0.717, 1.165) is 22.0 Å². The molecular formula is C21H19N3O4. The highest BCUT2D eigenvalue weighted by Crippen LogP contribution is 2.29. The summed E-state index contributed by atoms with van der Waals surface area (Å²) >= 11 is 0. The van der Waals surface area contributed by atoms with Crippen LogP contribution in [0.1, 0.15) is 21.6 Å². The fraction of sp³-hybridized carbons (Fsp3) is 0.190. The Morgan fingerprint density at radius 2 is 1.93 bits per heavy atom. The number of H-pyrrole nitrogens is 1. The minimum absolute atomic E-state index is 0.113. The van der Waals surface area contributed by atoms with Crippen LogP contribution in [0, 0.1) is 13.8 Å². The highest BCUT2D eigenvalue weighted by molar-refractivity contribution is 6.10. The molecule has 1 aliphatic heterocycles. The van der Waals surface area contributed by atoms with Gasteiger partial charge in [0.2, 0.25) is 5.91 Å². The Hall–Kier alpha value is -3.61. The molecule has 0 atom stereocenters. The third-order valence-electron chi connectivity index (χ3n) is 4.71. The largest absolute Gasteiger partial charge is 0.451 e. The Morgan fingerprint density at radius 3 is 2.75 bits per heavy atom. The summed E-state index contributed by atoms with van der Waals surface area (Å²) in [5.41, 5.74) is 4.41. The van der Waals surface area contributed by atoms with Crippen molar-refractivity contribution < 1.29 is 19.1 Å². The highest BCUT2D eigenvalue weighted by Gasteiger charge is 2.27. The summed E-state index contributed by atoms with van der Waals surface area (Å²) in [6, 6.07) is 12.7. The maximum atomic E-state index is 12.6. The zero-order valence-electron chi connectivity index (χ0n) is 15.5. The second kappa shape index (κ2) is 6.84. The van der Waals surface area contributed by atoms with Gasteiger partial charge < -0.3 is 15.0 Å². The van der Waals surface area contributed by atoms with Gasteiger partial charge in [0.1, 0.15) is 12.2 Å². The lowest BCUT2D eigenvalue weighted by molar-refractivity contribution is -0.124. The molecule has 2 N–H and O–H groups in total. The zero-order chi connectivity index (χ0) is 19.8. The number of hydrogen-bond acceptors (Lipinski definition) is 4. The van der Waals surface area contributed by atoms with Gasteiger partial charge in [0.15, 0.2) is 6.61 Å². The predicted octanol–water partition coefficient (Wildman–Crippen LogP) is 2.93. The number of esters is 1. The van der Waals surface area contributed by atoms with Crippen molar-refractivity contribution in [3.8, 4) is 0 Å². The van der Waals surface area contributed by atoms with Gasteiger partial charge in [-0.15, -0.1) is 0 Å². The number of amides is 2. The van der Waals surface area contributed by atoms with Gasteiger partial charge in [-0.2, -0.15) is 0 Å². The molecule has 2 heterocycles. The summed E-state index contributed by atoms with van der Waals surface area (Å²) in [4.78, 5) is 41.2. The number of fused-ring (bicyclic) bond motifs is 2. The number of aryl methyl sites for hydroxylation is 2. The van der Waals surface area contributed by atoms with Crippen LogP contribution in [-0.4, -0.2) is 35.9 Å². The summed E-state index contributed by atoms with van der Waals surface area (Å²) in [5.74, 6) is -1.37. The number of nitrogens with one attached hydrogen (secondary N) is 2. The second-order valence-corrected chi connectivity index (χ2v) is 6.85. The van der Waals surface area contributed by atoms with Crippen LogP contribution in [0.15, 0.2) is 42.5 Å². The fourth-order valence-electron chi connectivity index (χ4n) is 3.45. The molecule has 0 unspecified atom stereocenters. The van der Waals surface area contributed by atoms with Crippen molar-refractivity contribution >= 4 is 40.1 Å². The summed E-state index contributed by atoms with van der Waals surface area (Å²) in [5, 5.41) is 3.65. The molecule has 142 valence electrons. The van der Waals surface area contributed by atoms with Crippen molar-refractivity contribution in [2.45, 2.75) is 13.8 Å². The lowest BCUT2D eigenvalue weighted by Gasteiger charge is -2.28. The van der Waals surface area contributed by atoms with Gasteiger partial charge in [-0.05, 0) is 49.2 Å². The average Bonchev–Trinajstić information content (AvgIpc) is 3.09. The molecule has 7 nitrogen and oxygen atoms in total. The maximum absolute atomic E-state index is 12.6. The van der Waals surface area contributed by atoms with Crippen LogP contribution in [0.4, 0.5) is 11.4 Å². The Morgan fingerprint density at radius 1 is 1.14 bits per heavy atom. The molecule has 2 amide bonds. The van der Waals surface area contributed by atoms with Gasteiger partial charge in [0, 0.05) is 10.9 Å². The van der Waals surface area contributed by atoms with E-state index in [1.165, 1.54) is 4.90 Å². The molecule has 0 spiro atoms. The molecule has 1 aromatic heterocycles. The lowest BCUT2D eigenvalue weighted by atomic mass is 10.1. The highest BCUT2D eigenvalue weighted by atomic mass is 16.5. The summed E-state index contributed by atoms with van der Waals surface area (Å²) < 4.78 is 5.20. The third kappa shape index (κ3) is 3.22. The monoisotopic (exact) mass is 377 g/mol. The number of nitrogens with zero attached hydrogens (tertiary/aromatic N) is 1. The molecule has 0 aliphatic carbocycles. The number of carbonyl (C=O) groups is 3. The SMILES string of the molecule is Cc1cc(C)c2cc(C(=O)OCC(=O)N3CC(=O)Nc4ccccc43)[nH]c2c1. The second-order valence-electron chi connectivity index (χ2n) is 6.85. The number of aromatic nitrogens is 1. The van der Waals surface area contributed by atoms with Gasteiger partial charge >= 0.3 is 5.97 Å². The van der Waals surface area contributed by atoms with Crippen LogP contribution in [0.25, 0.3) is 10.9 Å². The average molecular weight is 377 g/mol. The maximum Gasteiger partial charge on any atom is 0.355 e. The van der Waals surface area contributed by atoms with Crippen LogP contribution in [0.2, 0.25) is 0 Å². The van der Waals surface area contributed by atoms with Crippen LogP contribution in [-0.2, 0) is 14.3 Å². The number of anilines is 2. The molecule has 0 bridgehead atoms. The Bertz CT molecular complexity index is 1120. The Kier molecular flexibility index (Phi) is 4.35. The van der Waals surface area contributed by atoms with Gasteiger partial charge in [0.05, 0.1) is 11.4 Å². The van der Waals surface area contributed by atoms with E-state index in [9.17, 15) is 14.4 Å². The number of ether oxygens (including phenoxy) is 1. The number of rotatable bonds is 3. The normalized spacial score (nSPS) is 13.2. The molecule has 1 aliphatic rings. The van der Waals surface area contributed by atoms with Gasteiger partial charge in [-0.3, -0.25) is 14.5 Å². The molecule has 0 saturated carbocycles. The third-order valence-corrected chi connectivity index (χ3v) is 4.71. The first-order valence-corrected chi connectivity index (χ1v) is 8.89. The van der Waals surface area contributed by atoms with E-state index in [2.05, 4.69) is 10.3 Å². The lowest BCUT2D eigenvalue weighted by Crippen LogP contribution is -2.44. The topological polar surface area (TPSA) is 91.5 Å². The van der Waals surface area contributed by atoms with E-state index in [4.69, 9.17) is 4.74 Å². The van der Waals surface area contributed by atoms with Gasteiger partial charge in [-0.25, -0.2) is 4.79 Å². The molecule has 0 radical (unpaired) electrons. The van der Waals surface area contributed by atoms with Crippen LogP contribution in [0.3, 0.4) is 0 Å². The summed E-state index contributed by atoms with van der Waals surface area (Å²) in [6.45, 7) is 3.39. The van der Waals surface area contributed by atoms with Crippen LogP contribution < -0.4 is 10.2 Å². The number of aromatic amines is 1. The smallest absolute Gasteiger partial charge is 0.355 e. The van der Waals surface area contributed by atoms with Crippen molar-refractivity contribution in [1.82, 2.24) is 4.98 Å². The summed E-state index contributed by atoms with van der Waals surface area (Å²) in [6.07, 6.45) is 0. The van der Waals surface area contributed by atoms with E-state index in [1.54, 1.807) is 30.3 Å². The van der Waals surface area contributed by atoms with Crippen molar-refractivity contribution in [2.75, 3.05) is 23.4 Å². The van der Waals surface area contributed by atoms with E-state index < -0.39 is 18.5 Å². The first-order valence-electron chi connectivity index (χ1n) is 8.89. The van der Waals surface area contributed by atoms with Crippen LogP contribution in [0.5, 0.6) is 0 Å². The number of hydrogen-bond donors (Lipinski definition) is 2. The van der Waals surface area contributed by atoms with Crippen molar-refractivity contribution in [3.05, 3.63) is 59.3 Å². The molecule has 2 aromatic carbocycles. The zero-order valence-corrected chi connectivity index (χ0v) is 15.5. The quantitative estimate of drug-likeness (QED) is 0.687. The number of carbonyl (C=O) groups excluding carboxylic acids is 3. The minimum atomic E-state index is -0.614. The molecular weight excluding hydrogens is 358 g/mol. The number of para-hydroxylation sites is 2. The fourth-order valence-corrected chi connectivity index (χ4v) is 3.45. The van der Waals surface area contributed by atoms with Crippen molar-refractivity contribution in [2.24, 2.45) is 0 Å². The van der Waals surface area contributed by atoms with E-state index >= 15 is 0 Å². The minimum Gasteiger partial charge on any atom is -0.451 e. The first-order chi connectivity index (χ1) is 13.4. The molecule has 28 heavy (non-hydrogen) atoms.